The summed E-state index contributed by atoms with van der Waals surface area (Å²) in [6.07, 6.45) is 7.60. The molecule has 31 heavy (non-hydrogen) atoms. The summed E-state index contributed by atoms with van der Waals surface area (Å²) in [6, 6.07) is 8.59. The number of fused-ring (bicyclic) bond motifs is 2. The zero-order valence-corrected chi connectivity index (χ0v) is 17.8. The van der Waals surface area contributed by atoms with Crippen molar-refractivity contribution in [1.29, 1.82) is 0 Å². The number of nitrogens with one attached hydrogen (secondary N) is 1. The molecule has 5 rings (SSSR count). The van der Waals surface area contributed by atoms with Gasteiger partial charge in [0.2, 0.25) is 0 Å². The number of hydrogen-bond donors (Lipinski definition) is 1. The predicted molar refractivity (Wildman–Crippen MR) is 117 cm³/mol. The van der Waals surface area contributed by atoms with Crippen molar-refractivity contribution in [3.8, 4) is 5.75 Å². The highest BCUT2D eigenvalue weighted by Gasteiger charge is 2.16. The van der Waals surface area contributed by atoms with E-state index in [1.165, 1.54) is 10.8 Å². The average Bonchev–Trinajstić information content (AvgIpc) is 3.27. The number of halogens is 2. The first-order valence-corrected chi connectivity index (χ1v) is 10.2. The van der Waals surface area contributed by atoms with E-state index in [0.29, 0.717) is 33.8 Å². The van der Waals surface area contributed by atoms with Gasteiger partial charge in [-0.25, -0.2) is 28.8 Å². The standard InChI is InChI=1S/C21H15BrFN7O/c1-12(20-24-5-2-6-25-20)31-18-9-13-16(10-14(18)22)26-11-27-21(13)29-15-4-8-30-17(19(15)23)3-7-28-30/h2-12H,1H3,(H,26,27,29)/t12-/m1/s1. The molecule has 0 aliphatic carbocycles. The van der Waals surface area contributed by atoms with E-state index in [-0.39, 0.29) is 11.8 Å². The van der Waals surface area contributed by atoms with Gasteiger partial charge in [0.15, 0.2) is 17.7 Å². The Morgan fingerprint density at radius 1 is 1.10 bits per heavy atom. The Kier molecular flexibility index (Phi) is 4.91. The maximum absolute atomic E-state index is 14.9. The number of benzene rings is 1. The molecule has 0 radical (unpaired) electrons. The van der Waals surface area contributed by atoms with E-state index in [4.69, 9.17) is 4.74 Å². The maximum Gasteiger partial charge on any atom is 0.172 e. The summed E-state index contributed by atoms with van der Waals surface area (Å²) in [5.41, 5.74) is 1.32. The fourth-order valence-corrected chi connectivity index (χ4v) is 3.62. The first-order chi connectivity index (χ1) is 15.1. The summed E-state index contributed by atoms with van der Waals surface area (Å²) in [7, 11) is 0. The number of rotatable bonds is 5. The second kappa shape index (κ2) is 7.88. The smallest absolute Gasteiger partial charge is 0.172 e. The van der Waals surface area contributed by atoms with Gasteiger partial charge in [0.1, 0.15) is 23.4 Å². The summed E-state index contributed by atoms with van der Waals surface area (Å²) in [4.78, 5) is 17.1. The van der Waals surface area contributed by atoms with Crippen molar-refractivity contribution in [3.63, 3.8) is 0 Å². The van der Waals surface area contributed by atoms with Gasteiger partial charge in [-0.2, -0.15) is 5.10 Å². The molecule has 0 saturated heterocycles. The molecule has 8 nitrogen and oxygen atoms in total. The quantitative estimate of drug-likeness (QED) is 0.385. The zero-order valence-electron chi connectivity index (χ0n) is 16.2. The third-order valence-electron chi connectivity index (χ3n) is 4.71. The molecule has 0 aliphatic heterocycles. The first-order valence-electron chi connectivity index (χ1n) is 9.37. The van der Waals surface area contributed by atoms with Gasteiger partial charge in [0.25, 0.3) is 0 Å². The van der Waals surface area contributed by atoms with Crippen LogP contribution in [-0.4, -0.2) is 29.5 Å². The van der Waals surface area contributed by atoms with Crippen molar-refractivity contribution in [2.75, 3.05) is 5.32 Å². The van der Waals surface area contributed by atoms with E-state index in [0.717, 1.165) is 4.47 Å². The molecular weight excluding hydrogens is 465 g/mol. The Morgan fingerprint density at radius 2 is 1.94 bits per heavy atom. The lowest BCUT2D eigenvalue weighted by atomic mass is 10.2. The monoisotopic (exact) mass is 479 g/mol. The van der Waals surface area contributed by atoms with E-state index < -0.39 is 5.82 Å². The molecule has 4 aromatic heterocycles. The minimum atomic E-state index is -0.421. The molecule has 0 bridgehead atoms. The minimum Gasteiger partial charge on any atom is -0.482 e. The van der Waals surface area contributed by atoms with Gasteiger partial charge in [0, 0.05) is 24.0 Å². The topological polar surface area (TPSA) is 90.1 Å². The molecule has 0 spiro atoms. The summed E-state index contributed by atoms with van der Waals surface area (Å²) in [6.45, 7) is 1.86. The van der Waals surface area contributed by atoms with Crippen LogP contribution in [0.3, 0.4) is 0 Å². The van der Waals surface area contributed by atoms with Gasteiger partial charge in [-0.3, -0.25) is 0 Å². The third kappa shape index (κ3) is 3.66. The highest BCUT2D eigenvalue weighted by molar-refractivity contribution is 9.10. The van der Waals surface area contributed by atoms with Crippen LogP contribution in [0.4, 0.5) is 15.9 Å². The number of nitrogens with zero attached hydrogens (tertiary/aromatic N) is 6. The Hall–Kier alpha value is -3.66. The van der Waals surface area contributed by atoms with Crippen LogP contribution in [0, 0.1) is 5.82 Å². The molecule has 1 atom stereocenters. The van der Waals surface area contributed by atoms with Gasteiger partial charge >= 0.3 is 0 Å². The van der Waals surface area contributed by atoms with Crippen molar-refractivity contribution in [1.82, 2.24) is 29.5 Å². The summed E-state index contributed by atoms with van der Waals surface area (Å²) < 4.78 is 23.1. The molecule has 0 saturated carbocycles. The molecule has 154 valence electrons. The van der Waals surface area contributed by atoms with Crippen LogP contribution in [0.15, 0.2) is 65.9 Å². The van der Waals surface area contributed by atoms with E-state index in [1.54, 1.807) is 49.1 Å². The number of ether oxygens (including phenoxy) is 1. The number of aromatic nitrogens is 6. The third-order valence-corrected chi connectivity index (χ3v) is 5.33. The van der Waals surface area contributed by atoms with Gasteiger partial charge < -0.3 is 10.1 Å². The molecule has 5 aromatic rings. The fraction of sp³-hybridized carbons (Fsp3) is 0.0952. The molecular formula is C21H15BrFN7O. The number of hydrogen-bond acceptors (Lipinski definition) is 7. The van der Waals surface area contributed by atoms with E-state index >= 15 is 0 Å². The lowest BCUT2D eigenvalue weighted by Crippen LogP contribution is -2.08. The Labute approximate surface area is 184 Å². The molecule has 0 unspecified atom stereocenters. The SMILES string of the molecule is C[C@@H](Oc1cc2c(Nc3ccn4nccc4c3F)ncnc2cc1Br)c1ncccn1. The van der Waals surface area contributed by atoms with Crippen LogP contribution in [0.25, 0.3) is 16.4 Å². The number of anilines is 2. The Bertz CT molecular complexity index is 1390. The highest BCUT2D eigenvalue weighted by Crippen LogP contribution is 2.35. The van der Waals surface area contributed by atoms with Crippen molar-refractivity contribution in [2.45, 2.75) is 13.0 Å². The molecule has 0 amide bonds. The van der Waals surface area contributed by atoms with Crippen molar-refractivity contribution < 1.29 is 9.13 Å². The highest BCUT2D eigenvalue weighted by atomic mass is 79.9. The van der Waals surface area contributed by atoms with Crippen LogP contribution < -0.4 is 10.1 Å². The lowest BCUT2D eigenvalue weighted by Gasteiger charge is -2.16. The molecule has 4 heterocycles. The van der Waals surface area contributed by atoms with Crippen LogP contribution in [-0.2, 0) is 0 Å². The first kappa shape index (κ1) is 19.3. The maximum atomic E-state index is 14.9. The second-order valence-electron chi connectivity index (χ2n) is 6.72. The molecule has 1 aromatic carbocycles. The van der Waals surface area contributed by atoms with Gasteiger partial charge in [-0.15, -0.1) is 0 Å². The Morgan fingerprint density at radius 3 is 2.77 bits per heavy atom. The Balaban J connectivity index is 1.53. The van der Waals surface area contributed by atoms with Crippen LogP contribution in [0.5, 0.6) is 5.75 Å². The summed E-state index contributed by atoms with van der Waals surface area (Å²) in [5, 5.41) is 7.78. The molecule has 0 fully saturated rings. The van der Waals surface area contributed by atoms with E-state index in [1.807, 2.05) is 13.0 Å². The van der Waals surface area contributed by atoms with Crippen molar-refractivity contribution in [3.05, 3.63) is 77.6 Å². The van der Waals surface area contributed by atoms with Gasteiger partial charge in [0.05, 0.1) is 21.9 Å². The normalized spacial score (nSPS) is 12.2. The lowest BCUT2D eigenvalue weighted by molar-refractivity contribution is 0.215. The van der Waals surface area contributed by atoms with Crippen LogP contribution >= 0.6 is 15.9 Å². The van der Waals surface area contributed by atoms with E-state index in [9.17, 15) is 4.39 Å². The largest absolute Gasteiger partial charge is 0.482 e. The molecule has 0 aliphatic rings. The fourth-order valence-electron chi connectivity index (χ4n) is 3.20. The predicted octanol–water partition coefficient (Wildman–Crippen LogP) is 4.85. The number of pyridine rings is 1. The van der Waals surface area contributed by atoms with Crippen LogP contribution in [0.2, 0.25) is 0 Å². The molecule has 1 N–H and O–H groups in total. The van der Waals surface area contributed by atoms with Crippen LogP contribution in [0.1, 0.15) is 18.9 Å². The van der Waals surface area contributed by atoms with Crippen molar-refractivity contribution in [2.24, 2.45) is 0 Å². The van der Waals surface area contributed by atoms with E-state index in [2.05, 4.69) is 46.3 Å². The van der Waals surface area contributed by atoms with Gasteiger partial charge in [-0.1, -0.05) is 0 Å². The van der Waals surface area contributed by atoms with Crippen molar-refractivity contribution >= 4 is 43.9 Å². The molecule has 10 heteroatoms. The summed E-state index contributed by atoms with van der Waals surface area (Å²) in [5.74, 6) is 1.16. The minimum absolute atomic E-state index is 0.282. The van der Waals surface area contributed by atoms with Gasteiger partial charge in [-0.05, 0) is 53.2 Å². The second-order valence-corrected chi connectivity index (χ2v) is 7.57. The zero-order chi connectivity index (χ0) is 21.4. The average molecular weight is 480 g/mol. The summed E-state index contributed by atoms with van der Waals surface area (Å²) >= 11 is 3.53.